The van der Waals surface area contributed by atoms with Gasteiger partial charge in [0.2, 0.25) is 5.91 Å². The molecule has 0 radical (unpaired) electrons. The van der Waals surface area contributed by atoms with E-state index in [2.05, 4.69) is 15.8 Å². The Morgan fingerprint density at radius 1 is 1.11 bits per heavy atom. The molecule has 27 heavy (non-hydrogen) atoms. The number of aryl methyl sites for hydroxylation is 1. The number of benzene rings is 2. The Balaban J connectivity index is 1.78. The minimum Gasteiger partial charge on any atom is -0.322 e. The first-order valence-corrected chi connectivity index (χ1v) is 10.2. The van der Waals surface area contributed by atoms with Crippen molar-refractivity contribution in [3.05, 3.63) is 59.2 Å². The van der Waals surface area contributed by atoms with Crippen LogP contribution < -0.4 is 10.7 Å². The van der Waals surface area contributed by atoms with Gasteiger partial charge in [-0.1, -0.05) is 18.2 Å². The summed E-state index contributed by atoms with van der Waals surface area (Å²) in [7, 11) is -3.39. The lowest BCUT2D eigenvalue weighted by atomic mass is 10.0. The van der Waals surface area contributed by atoms with E-state index in [0.717, 1.165) is 17.5 Å². The number of nitrogens with zero attached hydrogens (tertiary/aromatic N) is 1. The van der Waals surface area contributed by atoms with Crippen molar-refractivity contribution >= 4 is 33.1 Å². The highest BCUT2D eigenvalue weighted by molar-refractivity contribution is 7.90. The Bertz CT molecular complexity index is 1040. The molecule has 0 aromatic heterocycles. The molecule has 2 amide bonds. The van der Waals surface area contributed by atoms with E-state index >= 15 is 0 Å². The molecular formula is C19H19N3O4S. The van der Waals surface area contributed by atoms with Gasteiger partial charge in [-0.15, -0.1) is 0 Å². The fourth-order valence-corrected chi connectivity index (χ4v) is 3.35. The van der Waals surface area contributed by atoms with Gasteiger partial charge in [0.15, 0.2) is 9.84 Å². The summed E-state index contributed by atoms with van der Waals surface area (Å²) in [5.74, 6) is -0.484. The third-order valence-corrected chi connectivity index (χ3v) is 5.37. The predicted octanol–water partition coefficient (Wildman–Crippen LogP) is 2.26. The summed E-state index contributed by atoms with van der Waals surface area (Å²) in [6, 6.07) is 11.6. The van der Waals surface area contributed by atoms with E-state index in [-0.39, 0.29) is 16.7 Å². The number of hydrazone groups is 1. The van der Waals surface area contributed by atoms with Gasteiger partial charge in [-0.3, -0.25) is 9.59 Å². The van der Waals surface area contributed by atoms with Crippen molar-refractivity contribution in [3.63, 3.8) is 0 Å². The zero-order chi connectivity index (χ0) is 19.6. The lowest BCUT2D eigenvalue weighted by Gasteiger charge is -2.13. The summed E-state index contributed by atoms with van der Waals surface area (Å²) >= 11 is 0. The van der Waals surface area contributed by atoms with Gasteiger partial charge in [-0.2, -0.15) is 5.10 Å². The number of hydrogen-bond acceptors (Lipinski definition) is 5. The minimum absolute atomic E-state index is 0.102. The Morgan fingerprint density at radius 2 is 1.81 bits per heavy atom. The van der Waals surface area contributed by atoms with Crippen LogP contribution in [-0.2, 0) is 14.6 Å². The van der Waals surface area contributed by atoms with Crippen molar-refractivity contribution in [3.8, 4) is 0 Å². The van der Waals surface area contributed by atoms with Gasteiger partial charge in [0, 0.05) is 30.3 Å². The lowest BCUT2D eigenvalue weighted by Crippen LogP contribution is -2.25. The first-order valence-electron chi connectivity index (χ1n) is 8.32. The maximum atomic E-state index is 12.6. The van der Waals surface area contributed by atoms with Crippen molar-refractivity contribution in [2.75, 3.05) is 11.6 Å². The molecule has 140 valence electrons. The Kier molecular flexibility index (Phi) is 5.09. The van der Waals surface area contributed by atoms with Gasteiger partial charge in [0.25, 0.3) is 5.91 Å². The van der Waals surface area contributed by atoms with Crippen LogP contribution in [-0.4, -0.2) is 32.2 Å². The van der Waals surface area contributed by atoms with E-state index in [1.54, 1.807) is 25.1 Å². The molecule has 2 aromatic carbocycles. The molecule has 1 aliphatic rings. The number of hydrogen-bond donors (Lipinski definition) is 2. The smallest absolute Gasteiger partial charge is 0.255 e. The summed E-state index contributed by atoms with van der Waals surface area (Å²) in [6.07, 6.45) is 2.07. The highest BCUT2D eigenvalue weighted by Gasteiger charge is 2.16. The first kappa shape index (κ1) is 18.8. The molecule has 1 aliphatic heterocycles. The monoisotopic (exact) mass is 385 g/mol. The summed E-state index contributed by atoms with van der Waals surface area (Å²) in [4.78, 5) is 23.8. The number of anilines is 1. The van der Waals surface area contributed by atoms with Gasteiger partial charge >= 0.3 is 0 Å². The van der Waals surface area contributed by atoms with E-state index < -0.39 is 9.84 Å². The standard InChI is InChI=1S/C19H19N3O4S/c1-12-3-8-15(27(2,25)26)11-16(12)19(24)20-14-6-4-13(5-7-14)17-9-10-18(23)22-21-17/h3-8,11H,9-10H2,1-2H3,(H,20,24)(H,22,23). The molecule has 0 atom stereocenters. The second-order valence-electron chi connectivity index (χ2n) is 6.37. The number of nitrogens with one attached hydrogen (secondary N) is 2. The van der Waals surface area contributed by atoms with Crippen LogP contribution in [0.25, 0.3) is 0 Å². The van der Waals surface area contributed by atoms with Gasteiger partial charge in [0.1, 0.15) is 0 Å². The topological polar surface area (TPSA) is 105 Å². The molecule has 2 aromatic rings. The van der Waals surface area contributed by atoms with Gasteiger partial charge < -0.3 is 5.32 Å². The van der Waals surface area contributed by atoms with E-state index in [1.807, 2.05) is 12.1 Å². The number of rotatable bonds is 4. The first-order chi connectivity index (χ1) is 12.7. The van der Waals surface area contributed by atoms with Crippen molar-refractivity contribution in [1.82, 2.24) is 5.43 Å². The maximum Gasteiger partial charge on any atom is 0.255 e. The summed E-state index contributed by atoms with van der Waals surface area (Å²) < 4.78 is 23.4. The molecule has 0 aliphatic carbocycles. The predicted molar refractivity (Wildman–Crippen MR) is 103 cm³/mol. The maximum absolute atomic E-state index is 12.6. The fourth-order valence-electron chi connectivity index (χ4n) is 2.70. The highest BCUT2D eigenvalue weighted by atomic mass is 32.2. The molecule has 2 N–H and O–H groups in total. The molecular weight excluding hydrogens is 366 g/mol. The van der Waals surface area contributed by atoms with Crippen molar-refractivity contribution in [2.24, 2.45) is 5.10 Å². The fraction of sp³-hybridized carbons (Fsp3) is 0.211. The van der Waals surface area contributed by atoms with Crippen LogP contribution in [0.1, 0.15) is 34.3 Å². The Morgan fingerprint density at radius 3 is 2.41 bits per heavy atom. The lowest BCUT2D eigenvalue weighted by molar-refractivity contribution is -0.121. The van der Waals surface area contributed by atoms with Crippen LogP contribution in [0.5, 0.6) is 0 Å². The van der Waals surface area contributed by atoms with Crippen LogP contribution in [0.2, 0.25) is 0 Å². The summed E-state index contributed by atoms with van der Waals surface area (Å²) in [5, 5.41) is 6.81. The third-order valence-electron chi connectivity index (χ3n) is 4.26. The van der Waals surface area contributed by atoms with E-state index in [4.69, 9.17) is 0 Å². The van der Waals surface area contributed by atoms with E-state index in [0.29, 0.717) is 29.7 Å². The molecule has 0 unspecified atom stereocenters. The van der Waals surface area contributed by atoms with E-state index in [1.165, 1.54) is 12.1 Å². The van der Waals surface area contributed by atoms with Crippen molar-refractivity contribution < 1.29 is 18.0 Å². The SMILES string of the molecule is Cc1ccc(S(C)(=O)=O)cc1C(=O)Nc1ccc(C2=NNC(=O)CC2)cc1. The average Bonchev–Trinajstić information content (AvgIpc) is 2.62. The van der Waals surface area contributed by atoms with Crippen LogP contribution in [0.4, 0.5) is 5.69 Å². The number of carbonyl (C=O) groups excluding carboxylic acids is 2. The van der Waals surface area contributed by atoms with Crippen LogP contribution >= 0.6 is 0 Å². The largest absolute Gasteiger partial charge is 0.322 e. The van der Waals surface area contributed by atoms with Crippen LogP contribution in [0.15, 0.2) is 52.5 Å². The quantitative estimate of drug-likeness (QED) is 0.842. The molecule has 0 spiro atoms. The molecule has 0 saturated heterocycles. The molecule has 0 bridgehead atoms. The molecule has 3 rings (SSSR count). The summed E-state index contributed by atoms with van der Waals surface area (Å²) in [5.41, 5.74) is 5.67. The number of carbonyl (C=O) groups is 2. The normalized spacial score (nSPS) is 14.3. The molecule has 0 saturated carbocycles. The zero-order valence-corrected chi connectivity index (χ0v) is 15.8. The number of amides is 2. The average molecular weight is 385 g/mol. The Hall–Kier alpha value is -3.00. The van der Waals surface area contributed by atoms with Crippen LogP contribution in [0.3, 0.4) is 0 Å². The molecule has 1 heterocycles. The van der Waals surface area contributed by atoms with Crippen molar-refractivity contribution in [1.29, 1.82) is 0 Å². The van der Waals surface area contributed by atoms with Crippen molar-refractivity contribution in [2.45, 2.75) is 24.7 Å². The van der Waals surface area contributed by atoms with Gasteiger partial charge in [0.05, 0.1) is 10.6 Å². The summed E-state index contributed by atoms with van der Waals surface area (Å²) in [6.45, 7) is 1.75. The van der Waals surface area contributed by atoms with Gasteiger partial charge in [-0.25, -0.2) is 13.8 Å². The minimum atomic E-state index is -3.39. The van der Waals surface area contributed by atoms with E-state index in [9.17, 15) is 18.0 Å². The Labute approximate surface area is 157 Å². The molecule has 7 nitrogen and oxygen atoms in total. The number of sulfone groups is 1. The molecule has 0 fully saturated rings. The van der Waals surface area contributed by atoms with Gasteiger partial charge in [-0.05, 0) is 42.3 Å². The second-order valence-corrected chi connectivity index (χ2v) is 8.39. The third kappa shape index (κ3) is 4.40. The zero-order valence-electron chi connectivity index (χ0n) is 14.9. The second kappa shape index (κ2) is 7.32. The highest BCUT2D eigenvalue weighted by Crippen LogP contribution is 2.19. The molecule has 8 heteroatoms. The van der Waals surface area contributed by atoms with Crippen LogP contribution in [0, 0.1) is 6.92 Å².